The third-order valence-corrected chi connectivity index (χ3v) is 4.37. The second-order valence-corrected chi connectivity index (χ2v) is 5.80. The topological polar surface area (TPSA) is 84.9 Å². The van der Waals surface area contributed by atoms with Crippen LogP contribution in [0.1, 0.15) is 48.9 Å². The Balaban J connectivity index is 2.31. The van der Waals surface area contributed by atoms with E-state index in [1.165, 1.54) is 14.2 Å². The predicted molar refractivity (Wildman–Crippen MR) is 85.1 cm³/mol. The fourth-order valence-corrected chi connectivity index (χ4v) is 3.08. The van der Waals surface area contributed by atoms with Crippen LogP contribution in [0.25, 0.3) is 0 Å². The molecule has 1 aliphatic carbocycles. The summed E-state index contributed by atoms with van der Waals surface area (Å²) in [5.41, 5.74) is -0.932. The standard InChI is InChI=1S/C17H23NO5/c1-22-13-9-7-8-12(14(13)23-2)15(19)18-17(16(20)21)10-5-3-4-6-11-17/h7-9H,3-6,10-11H2,1-2H3,(H,18,19)(H,20,21). The lowest BCUT2D eigenvalue weighted by Gasteiger charge is -2.29. The van der Waals surface area contributed by atoms with Crippen molar-refractivity contribution < 1.29 is 24.2 Å². The molecule has 6 nitrogen and oxygen atoms in total. The monoisotopic (exact) mass is 321 g/mol. The number of carboxylic acids is 1. The highest BCUT2D eigenvalue weighted by atomic mass is 16.5. The third-order valence-electron chi connectivity index (χ3n) is 4.37. The van der Waals surface area contributed by atoms with Gasteiger partial charge < -0.3 is 19.9 Å². The van der Waals surface area contributed by atoms with Crippen molar-refractivity contribution in [3.63, 3.8) is 0 Å². The predicted octanol–water partition coefficient (Wildman–Crippen LogP) is 2.61. The first-order valence-corrected chi connectivity index (χ1v) is 7.81. The van der Waals surface area contributed by atoms with Gasteiger partial charge in [-0.3, -0.25) is 4.79 Å². The number of methoxy groups -OCH3 is 2. The molecular formula is C17H23NO5. The number of carboxylic acid groups (broad SMARTS) is 1. The largest absolute Gasteiger partial charge is 0.493 e. The molecule has 2 rings (SSSR count). The van der Waals surface area contributed by atoms with Gasteiger partial charge in [0.15, 0.2) is 11.5 Å². The van der Waals surface area contributed by atoms with Crippen molar-refractivity contribution in [2.45, 2.75) is 44.1 Å². The van der Waals surface area contributed by atoms with E-state index in [0.29, 0.717) is 24.3 Å². The molecule has 1 aromatic carbocycles. The second-order valence-electron chi connectivity index (χ2n) is 5.80. The summed E-state index contributed by atoms with van der Waals surface area (Å²) in [6, 6.07) is 4.97. The molecule has 1 amide bonds. The molecule has 1 aromatic rings. The maximum atomic E-state index is 12.7. The van der Waals surface area contributed by atoms with Crippen molar-refractivity contribution in [3.8, 4) is 11.5 Å². The summed E-state index contributed by atoms with van der Waals surface area (Å²) in [6.45, 7) is 0. The number of hydrogen-bond acceptors (Lipinski definition) is 4. The first-order chi connectivity index (χ1) is 11.0. The molecule has 0 radical (unpaired) electrons. The van der Waals surface area contributed by atoms with Crippen LogP contribution in [0.2, 0.25) is 0 Å². The molecule has 0 spiro atoms. The number of benzene rings is 1. The molecule has 6 heteroatoms. The quantitative estimate of drug-likeness (QED) is 0.814. The number of aliphatic carboxylic acids is 1. The minimum atomic E-state index is -1.21. The van der Waals surface area contributed by atoms with Crippen molar-refractivity contribution in [1.29, 1.82) is 0 Å². The zero-order valence-corrected chi connectivity index (χ0v) is 13.6. The Morgan fingerprint density at radius 2 is 1.74 bits per heavy atom. The van der Waals surface area contributed by atoms with Crippen LogP contribution in [0, 0.1) is 0 Å². The smallest absolute Gasteiger partial charge is 0.329 e. The Kier molecular flexibility index (Phi) is 5.47. The van der Waals surface area contributed by atoms with Crippen LogP contribution < -0.4 is 14.8 Å². The van der Waals surface area contributed by atoms with Crippen molar-refractivity contribution in [1.82, 2.24) is 5.32 Å². The van der Waals surface area contributed by atoms with Gasteiger partial charge in [0, 0.05) is 0 Å². The lowest BCUT2D eigenvalue weighted by atomic mass is 9.89. The van der Waals surface area contributed by atoms with Crippen molar-refractivity contribution in [3.05, 3.63) is 23.8 Å². The maximum absolute atomic E-state index is 12.7. The van der Waals surface area contributed by atoms with E-state index in [1.54, 1.807) is 18.2 Å². The number of carbonyl (C=O) groups is 2. The molecule has 0 saturated heterocycles. The minimum absolute atomic E-state index is 0.275. The molecule has 0 aromatic heterocycles. The average Bonchev–Trinajstić information content (AvgIpc) is 2.80. The summed E-state index contributed by atoms with van der Waals surface area (Å²) < 4.78 is 10.5. The van der Waals surface area contributed by atoms with Crippen molar-refractivity contribution >= 4 is 11.9 Å². The second kappa shape index (κ2) is 7.35. The number of nitrogens with one attached hydrogen (secondary N) is 1. The van der Waals surface area contributed by atoms with Gasteiger partial charge in [-0.05, 0) is 25.0 Å². The van der Waals surface area contributed by atoms with Gasteiger partial charge in [-0.2, -0.15) is 0 Å². The van der Waals surface area contributed by atoms with Gasteiger partial charge in [0.2, 0.25) is 0 Å². The van der Waals surface area contributed by atoms with Gasteiger partial charge in [0.05, 0.1) is 19.8 Å². The van der Waals surface area contributed by atoms with Crippen LogP contribution in [0.3, 0.4) is 0 Å². The van der Waals surface area contributed by atoms with E-state index in [9.17, 15) is 14.7 Å². The molecule has 23 heavy (non-hydrogen) atoms. The number of hydrogen-bond donors (Lipinski definition) is 2. The van der Waals surface area contributed by atoms with Crippen LogP contribution in [-0.2, 0) is 4.79 Å². The number of rotatable bonds is 5. The highest BCUT2D eigenvalue weighted by Gasteiger charge is 2.40. The normalized spacial score (nSPS) is 17.0. The van der Waals surface area contributed by atoms with E-state index >= 15 is 0 Å². The Morgan fingerprint density at radius 3 is 2.26 bits per heavy atom. The van der Waals surface area contributed by atoms with Gasteiger partial charge in [-0.15, -0.1) is 0 Å². The zero-order valence-electron chi connectivity index (χ0n) is 13.6. The summed E-state index contributed by atoms with van der Waals surface area (Å²) in [5.74, 6) is -0.688. The lowest BCUT2D eigenvalue weighted by molar-refractivity contribution is -0.145. The number of amides is 1. The van der Waals surface area contributed by atoms with Gasteiger partial charge in [0.1, 0.15) is 5.54 Å². The Labute approximate surface area is 135 Å². The summed E-state index contributed by atoms with van der Waals surface area (Å²) in [5, 5.41) is 12.4. The Morgan fingerprint density at radius 1 is 1.09 bits per heavy atom. The SMILES string of the molecule is COc1cccc(C(=O)NC2(C(=O)O)CCCCCC2)c1OC. The van der Waals surface area contributed by atoms with Crippen molar-refractivity contribution in [2.75, 3.05) is 14.2 Å². The van der Waals surface area contributed by atoms with Crippen LogP contribution in [-0.4, -0.2) is 36.7 Å². The van der Waals surface area contributed by atoms with E-state index in [-0.39, 0.29) is 5.56 Å². The zero-order chi connectivity index (χ0) is 16.9. The Hall–Kier alpha value is -2.24. The molecule has 126 valence electrons. The van der Waals surface area contributed by atoms with E-state index in [2.05, 4.69) is 5.32 Å². The van der Waals surface area contributed by atoms with Crippen LogP contribution in [0.4, 0.5) is 0 Å². The van der Waals surface area contributed by atoms with Crippen molar-refractivity contribution in [2.24, 2.45) is 0 Å². The van der Waals surface area contributed by atoms with E-state index in [1.807, 2.05) is 0 Å². The third kappa shape index (κ3) is 3.57. The summed E-state index contributed by atoms with van der Waals surface area (Å²) >= 11 is 0. The van der Waals surface area contributed by atoms with E-state index in [4.69, 9.17) is 9.47 Å². The molecule has 2 N–H and O–H groups in total. The molecule has 0 heterocycles. The highest BCUT2D eigenvalue weighted by molar-refractivity contribution is 6.00. The van der Waals surface area contributed by atoms with Gasteiger partial charge >= 0.3 is 5.97 Å². The summed E-state index contributed by atoms with van der Waals surface area (Å²) in [4.78, 5) is 24.5. The summed E-state index contributed by atoms with van der Waals surface area (Å²) in [7, 11) is 2.94. The first-order valence-electron chi connectivity index (χ1n) is 7.81. The highest BCUT2D eigenvalue weighted by Crippen LogP contribution is 2.32. The Bertz CT molecular complexity index is 576. The molecule has 0 atom stereocenters. The molecule has 0 aliphatic heterocycles. The molecular weight excluding hydrogens is 298 g/mol. The van der Waals surface area contributed by atoms with Gasteiger partial charge in [-0.1, -0.05) is 31.7 Å². The maximum Gasteiger partial charge on any atom is 0.329 e. The fourth-order valence-electron chi connectivity index (χ4n) is 3.08. The summed E-state index contributed by atoms with van der Waals surface area (Å²) in [6.07, 6.45) is 4.46. The van der Waals surface area contributed by atoms with Crippen LogP contribution in [0.15, 0.2) is 18.2 Å². The minimum Gasteiger partial charge on any atom is -0.493 e. The average molecular weight is 321 g/mol. The van der Waals surface area contributed by atoms with E-state index in [0.717, 1.165) is 25.7 Å². The van der Waals surface area contributed by atoms with Crippen LogP contribution in [0.5, 0.6) is 11.5 Å². The van der Waals surface area contributed by atoms with Crippen LogP contribution >= 0.6 is 0 Å². The number of ether oxygens (including phenoxy) is 2. The van der Waals surface area contributed by atoms with Gasteiger partial charge in [-0.25, -0.2) is 4.79 Å². The molecule has 0 bridgehead atoms. The number of carbonyl (C=O) groups excluding carboxylic acids is 1. The molecule has 1 saturated carbocycles. The lowest BCUT2D eigenvalue weighted by Crippen LogP contribution is -2.54. The molecule has 1 aliphatic rings. The van der Waals surface area contributed by atoms with Gasteiger partial charge in [0.25, 0.3) is 5.91 Å². The molecule has 0 unspecified atom stereocenters. The first kappa shape index (κ1) is 17.1. The fraction of sp³-hybridized carbons (Fsp3) is 0.529. The number of para-hydroxylation sites is 1. The van der Waals surface area contributed by atoms with E-state index < -0.39 is 17.4 Å². The molecule has 1 fully saturated rings.